The van der Waals surface area contributed by atoms with Gasteiger partial charge in [0, 0.05) is 13.0 Å². The van der Waals surface area contributed by atoms with E-state index in [0.717, 1.165) is 30.9 Å². The van der Waals surface area contributed by atoms with Gasteiger partial charge in [0.25, 0.3) is 0 Å². The molecule has 4 N–H and O–H groups in total. The fourth-order valence-corrected chi connectivity index (χ4v) is 2.75. The van der Waals surface area contributed by atoms with Crippen molar-refractivity contribution < 1.29 is 0 Å². The van der Waals surface area contributed by atoms with Crippen molar-refractivity contribution in [2.75, 3.05) is 11.5 Å². The Labute approximate surface area is 135 Å². The summed E-state index contributed by atoms with van der Waals surface area (Å²) in [5, 5.41) is 0. The van der Waals surface area contributed by atoms with Crippen molar-refractivity contribution in [2.24, 2.45) is 0 Å². The minimum Gasteiger partial charge on any atom is -0.382 e. The maximum absolute atomic E-state index is 5.98. The number of aryl methyl sites for hydroxylation is 1. The predicted octanol–water partition coefficient (Wildman–Crippen LogP) is 2.77. The van der Waals surface area contributed by atoms with Crippen LogP contribution in [0.15, 0.2) is 30.3 Å². The number of fused-ring (bicyclic) bond motifs is 1. The molecule has 0 radical (unpaired) electrons. The van der Waals surface area contributed by atoms with E-state index >= 15 is 0 Å². The Hall–Kier alpha value is -2.63. The Morgan fingerprint density at radius 1 is 1.00 bits per heavy atom. The van der Waals surface area contributed by atoms with Crippen molar-refractivity contribution >= 4 is 22.9 Å². The zero-order valence-corrected chi connectivity index (χ0v) is 13.4. The van der Waals surface area contributed by atoms with Crippen LogP contribution in [0, 0.1) is 0 Å². The SMILES string of the molecule is CCCCCn1c(Cc2ccccc2)nc2c(N)nc(N)nc21. The summed E-state index contributed by atoms with van der Waals surface area (Å²) >= 11 is 0. The largest absolute Gasteiger partial charge is 0.382 e. The van der Waals surface area contributed by atoms with Gasteiger partial charge in [-0.2, -0.15) is 9.97 Å². The summed E-state index contributed by atoms with van der Waals surface area (Å²) < 4.78 is 2.13. The number of anilines is 2. The normalized spacial score (nSPS) is 11.2. The first kappa shape index (κ1) is 15.3. The molecule has 0 aliphatic rings. The number of nitrogen functional groups attached to an aromatic ring is 2. The second-order valence-corrected chi connectivity index (χ2v) is 5.69. The molecule has 6 nitrogen and oxygen atoms in total. The lowest BCUT2D eigenvalue weighted by Gasteiger charge is -2.08. The van der Waals surface area contributed by atoms with Gasteiger partial charge in [-0.25, -0.2) is 4.98 Å². The third kappa shape index (κ3) is 3.26. The quantitative estimate of drug-likeness (QED) is 0.682. The molecular weight excluding hydrogens is 288 g/mol. The lowest BCUT2D eigenvalue weighted by molar-refractivity contribution is 0.593. The molecule has 0 unspecified atom stereocenters. The highest BCUT2D eigenvalue weighted by Gasteiger charge is 2.16. The Kier molecular flexibility index (Phi) is 4.41. The fraction of sp³-hybridized carbons (Fsp3) is 0.353. The average molecular weight is 310 g/mol. The molecule has 0 aliphatic heterocycles. The molecular formula is C17H22N6. The first-order chi connectivity index (χ1) is 11.2. The van der Waals surface area contributed by atoms with Crippen LogP contribution in [0.5, 0.6) is 0 Å². The summed E-state index contributed by atoms with van der Waals surface area (Å²) in [6.07, 6.45) is 4.15. The van der Waals surface area contributed by atoms with Gasteiger partial charge in [-0.1, -0.05) is 50.1 Å². The van der Waals surface area contributed by atoms with Crippen LogP contribution < -0.4 is 11.5 Å². The summed E-state index contributed by atoms with van der Waals surface area (Å²) in [5.41, 5.74) is 14.3. The number of nitrogens with two attached hydrogens (primary N) is 2. The van der Waals surface area contributed by atoms with E-state index in [-0.39, 0.29) is 5.95 Å². The summed E-state index contributed by atoms with van der Waals surface area (Å²) in [4.78, 5) is 13.1. The molecule has 3 rings (SSSR count). The standard InChI is InChI=1S/C17H22N6/c1-2-3-7-10-23-13(11-12-8-5-4-6-9-12)20-14-15(18)21-17(19)22-16(14)23/h4-6,8-9H,2-3,7,10-11H2,1H3,(H4,18,19,21,22). The van der Waals surface area contributed by atoms with Gasteiger partial charge in [0.2, 0.25) is 5.95 Å². The molecule has 0 saturated carbocycles. The number of benzene rings is 1. The van der Waals surface area contributed by atoms with Crippen molar-refractivity contribution in [3.63, 3.8) is 0 Å². The van der Waals surface area contributed by atoms with Gasteiger partial charge in [-0.05, 0) is 12.0 Å². The van der Waals surface area contributed by atoms with Crippen LogP contribution in [0.3, 0.4) is 0 Å². The van der Waals surface area contributed by atoms with Crippen molar-refractivity contribution in [1.29, 1.82) is 0 Å². The maximum Gasteiger partial charge on any atom is 0.224 e. The number of nitrogens with zero attached hydrogens (tertiary/aromatic N) is 4. The molecule has 0 amide bonds. The highest BCUT2D eigenvalue weighted by atomic mass is 15.2. The highest BCUT2D eigenvalue weighted by molar-refractivity contribution is 5.83. The number of hydrogen-bond donors (Lipinski definition) is 2. The van der Waals surface area contributed by atoms with Crippen molar-refractivity contribution in [3.05, 3.63) is 41.7 Å². The Balaban J connectivity index is 2.04. The molecule has 0 saturated heterocycles. The third-order valence-electron chi connectivity index (χ3n) is 3.91. The van der Waals surface area contributed by atoms with E-state index in [4.69, 9.17) is 11.5 Å². The minimum atomic E-state index is 0.193. The van der Waals surface area contributed by atoms with E-state index in [1.54, 1.807) is 0 Å². The van der Waals surface area contributed by atoms with Crippen LogP contribution in [-0.4, -0.2) is 19.5 Å². The van der Waals surface area contributed by atoms with Gasteiger partial charge in [-0.3, -0.25) is 0 Å². The lowest BCUT2D eigenvalue weighted by Crippen LogP contribution is -2.07. The highest BCUT2D eigenvalue weighted by Crippen LogP contribution is 2.22. The number of rotatable bonds is 6. The van der Waals surface area contributed by atoms with Gasteiger partial charge in [0.05, 0.1) is 0 Å². The molecule has 2 heterocycles. The fourth-order valence-electron chi connectivity index (χ4n) is 2.75. The smallest absolute Gasteiger partial charge is 0.224 e. The molecule has 120 valence electrons. The van der Waals surface area contributed by atoms with E-state index in [9.17, 15) is 0 Å². The Morgan fingerprint density at radius 2 is 1.78 bits per heavy atom. The zero-order chi connectivity index (χ0) is 16.2. The van der Waals surface area contributed by atoms with Crippen molar-refractivity contribution in [1.82, 2.24) is 19.5 Å². The van der Waals surface area contributed by atoms with Gasteiger partial charge >= 0.3 is 0 Å². The van der Waals surface area contributed by atoms with Gasteiger partial charge in [0.15, 0.2) is 17.0 Å². The van der Waals surface area contributed by atoms with Crippen molar-refractivity contribution in [3.8, 4) is 0 Å². The topological polar surface area (TPSA) is 95.6 Å². The second kappa shape index (κ2) is 6.64. The van der Waals surface area contributed by atoms with E-state index in [1.165, 1.54) is 18.4 Å². The molecule has 0 aliphatic carbocycles. The average Bonchev–Trinajstić information content (AvgIpc) is 2.87. The summed E-state index contributed by atoms with van der Waals surface area (Å²) in [6.45, 7) is 3.05. The van der Waals surface area contributed by atoms with Crippen LogP contribution in [0.4, 0.5) is 11.8 Å². The van der Waals surface area contributed by atoms with Crippen LogP contribution in [0.25, 0.3) is 11.2 Å². The van der Waals surface area contributed by atoms with Gasteiger partial charge < -0.3 is 16.0 Å². The maximum atomic E-state index is 5.98. The molecule has 0 bridgehead atoms. The number of hydrogen-bond acceptors (Lipinski definition) is 5. The first-order valence-electron chi connectivity index (χ1n) is 8.01. The van der Waals surface area contributed by atoms with Crippen LogP contribution in [0.2, 0.25) is 0 Å². The number of unbranched alkanes of at least 4 members (excludes halogenated alkanes) is 2. The Bertz CT molecular complexity index is 794. The molecule has 2 aromatic heterocycles. The first-order valence-corrected chi connectivity index (χ1v) is 8.01. The van der Waals surface area contributed by atoms with Crippen LogP contribution >= 0.6 is 0 Å². The summed E-state index contributed by atoms with van der Waals surface area (Å²) in [7, 11) is 0. The molecule has 0 fully saturated rings. The molecule has 23 heavy (non-hydrogen) atoms. The molecule has 0 spiro atoms. The minimum absolute atomic E-state index is 0.193. The number of imidazole rings is 1. The van der Waals surface area contributed by atoms with Gasteiger partial charge in [-0.15, -0.1) is 0 Å². The zero-order valence-electron chi connectivity index (χ0n) is 13.4. The van der Waals surface area contributed by atoms with E-state index in [2.05, 4.69) is 38.6 Å². The number of aromatic nitrogens is 4. The lowest BCUT2D eigenvalue weighted by atomic mass is 10.1. The summed E-state index contributed by atoms with van der Waals surface area (Å²) in [5.74, 6) is 1.49. The van der Waals surface area contributed by atoms with Crippen LogP contribution in [0.1, 0.15) is 37.6 Å². The molecule has 1 aromatic carbocycles. The Morgan fingerprint density at radius 3 is 2.52 bits per heavy atom. The predicted molar refractivity (Wildman–Crippen MR) is 92.9 cm³/mol. The molecule has 0 atom stereocenters. The molecule has 6 heteroatoms. The molecule has 3 aromatic rings. The van der Waals surface area contributed by atoms with Crippen LogP contribution in [-0.2, 0) is 13.0 Å². The second-order valence-electron chi connectivity index (χ2n) is 5.69. The van der Waals surface area contributed by atoms with E-state index in [1.807, 2.05) is 18.2 Å². The van der Waals surface area contributed by atoms with E-state index < -0.39 is 0 Å². The monoisotopic (exact) mass is 310 g/mol. The van der Waals surface area contributed by atoms with E-state index in [0.29, 0.717) is 11.3 Å². The van der Waals surface area contributed by atoms with Gasteiger partial charge in [0.1, 0.15) is 5.82 Å². The summed E-state index contributed by atoms with van der Waals surface area (Å²) in [6, 6.07) is 10.3. The van der Waals surface area contributed by atoms with Crippen molar-refractivity contribution in [2.45, 2.75) is 39.2 Å². The third-order valence-corrected chi connectivity index (χ3v) is 3.91.